The highest BCUT2D eigenvalue weighted by atomic mass is 79.9. The van der Waals surface area contributed by atoms with E-state index >= 15 is 0 Å². The molecule has 0 fully saturated rings. The third-order valence-corrected chi connectivity index (χ3v) is 4.34. The molecule has 144 valence electrons. The molecule has 3 aromatic rings. The highest BCUT2D eigenvalue weighted by molar-refractivity contribution is 9.10. The van der Waals surface area contributed by atoms with Crippen molar-refractivity contribution in [1.82, 2.24) is 20.1 Å². The van der Waals surface area contributed by atoms with Crippen LogP contribution in [0.25, 0.3) is 11.8 Å². The quantitative estimate of drug-likeness (QED) is 0.591. The second-order valence-electron chi connectivity index (χ2n) is 6.28. The third kappa shape index (κ3) is 5.04. The summed E-state index contributed by atoms with van der Waals surface area (Å²) in [5.41, 5.74) is 1.87. The zero-order valence-corrected chi connectivity index (χ0v) is 17.0. The van der Waals surface area contributed by atoms with Gasteiger partial charge in [-0.2, -0.15) is 5.10 Å². The van der Waals surface area contributed by atoms with E-state index in [2.05, 4.69) is 31.3 Å². The minimum Gasteiger partial charge on any atom is -0.363 e. The van der Waals surface area contributed by atoms with Gasteiger partial charge in [0.05, 0.1) is 10.7 Å². The van der Waals surface area contributed by atoms with E-state index in [9.17, 15) is 9.18 Å². The second-order valence-corrected chi connectivity index (χ2v) is 7.20. The van der Waals surface area contributed by atoms with Gasteiger partial charge in [-0.3, -0.25) is 4.79 Å². The van der Waals surface area contributed by atoms with Gasteiger partial charge >= 0.3 is 0 Å². The number of hydrogen-bond donors (Lipinski definition) is 1. The molecule has 2 aromatic heterocycles. The number of anilines is 1. The van der Waals surface area contributed by atoms with Gasteiger partial charge in [0.15, 0.2) is 0 Å². The second kappa shape index (κ2) is 8.79. The third-order valence-electron chi connectivity index (χ3n) is 3.93. The number of aromatic nitrogens is 3. The van der Waals surface area contributed by atoms with Crippen molar-refractivity contribution in [3.05, 3.63) is 76.4 Å². The fourth-order valence-electron chi connectivity index (χ4n) is 2.48. The highest BCUT2D eigenvalue weighted by Gasteiger charge is 2.07. The first-order chi connectivity index (χ1) is 13.4. The van der Waals surface area contributed by atoms with E-state index < -0.39 is 5.82 Å². The summed E-state index contributed by atoms with van der Waals surface area (Å²) in [6.45, 7) is 0.383. The van der Waals surface area contributed by atoms with Crippen molar-refractivity contribution >= 4 is 33.7 Å². The number of carbonyl (C=O) groups is 1. The Morgan fingerprint density at radius 2 is 2.14 bits per heavy atom. The van der Waals surface area contributed by atoms with Crippen LogP contribution in [0, 0.1) is 5.82 Å². The maximum absolute atomic E-state index is 14.3. The molecule has 0 bridgehead atoms. The van der Waals surface area contributed by atoms with Crippen molar-refractivity contribution in [2.24, 2.45) is 0 Å². The maximum Gasteiger partial charge on any atom is 0.244 e. The van der Waals surface area contributed by atoms with Gasteiger partial charge in [0.1, 0.15) is 17.3 Å². The lowest BCUT2D eigenvalue weighted by Crippen LogP contribution is -2.20. The average Bonchev–Trinajstić information content (AvgIpc) is 3.11. The maximum atomic E-state index is 14.3. The first-order valence-corrected chi connectivity index (χ1v) is 9.30. The molecule has 8 heteroatoms. The van der Waals surface area contributed by atoms with Crippen molar-refractivity contribution in [3.8, 4) is 5.69 Å². The molecule has 0 spiro atoms. The summed E-state index contributed by atoms with van der Waals surface area (Å²) >= 11 is 3.28. The summed E-state index contributed by atoms with van der Waals surface area (Å²) in [7, 11) is 3.81. The number of amides is 1. The Morgan fingerprint density at radius 1 is 1.32 bits per heavy atom. The highest BCUT2D eigenvalue weighted by Crippen LogP contribution is 2.18. The van der Waals surface area contributed by atoms with Crippen molar-refractivity contribution < 1.29 is 9.18 Å². The van der Waals surface area contributed by atoms with E-state index in [1.807, 2.05) is 31.1 Å². The first kappa shape index (κ1) is 19.8. The van der Waals surface area contributed by atoms with E-state index in [0.717, 1.165) is 15.9 Å². The summed E-state index contributed by atoms with van der Waals surface area (Å²) < 4.78 is 16.5. The molecule has 3 rings (SSSR count). The Bertz CT molecular complexity index is 1020. The molecule has 0 saturated carbocycles. The fourth-order valence-corrected chi connectivity index (χ4v) is 2.77. The molecule has 0 aliphatic carbocycles. The lowest BCUT2D eigenvalue weighted by Gasteiger charge is -2.12. The van der Waals surface area contributed by atoms with Crippen LogP contribution in [0.3, 0.4) is 0 Å². The molecule has 0 radical (unpaired) electrons. The average molecular weight is 444 g/mol. The number of carbonyl (C=O) groups excluding carboxylic acids is 1. The SMILES string of the molecule is CN(C)c1cc(CNC(=O)/C=C/c2ccc(-n3cc(Br)cn3)c(F)c2)ccn1. The number of pyridine rings is 1. The molecule has 28 heavy (non-hydrogen) atoms. The largest absolute Gasteiger partial charge is 0.363 e. The predicted octanol–water partition coefficient (Wildman–Crippen LogP) is 3.56. The number of rotatable bonds is 6. The van der Waals surface area contributed by atoms with Gasteiger partial charge in [-0.1, -0.05) is 6.07 Å². The number of nitrogens with one attached hydrogen (secondary N) is 1. The Balaban J connectivity index is 1.61. The van der Waals surface area contributed by atoms with Crippen LogP contribution < -0.4 is 10.2 Å². The standard InChI is InChI=1S/C20H19BrFN5O/c1-26(2)19-10-15(7-8-23-19)11-24-20(28)6-4-14-3-5-18(17(22)9-14)27-13-16(21)12-25-27/h3-10,12-13H,11H2,1-2H3,(H,24,28)/b6-4+. The molecule has 2 heterocycles. The first-order valence-electron chi connectivity index (χ1n) is 8.50. The molecule has 6 nitrogen and oxygen atoms in total. The minimum atomic E-state index is -0.425. The topological polar surface area (TPSA) is 63.1 Å². The van der Waals surface area contributed by atoms with E-state index in [4.69, 9.17) is 0 Å². The minimum absolute atomic E-state index is 0.260. The Morgan fingerprint density at radius 3 is 2.82 bits per heavy atom. The number of benzene rings is 1. The van der Waals surface area contributed by atoms with E-state index in [1.165, 1.54) is 16.8 Å². The van der Waals surface area contributed by atoms with Gasteiger partial charge in [-0.15, -0.1) is 0 Å². The lowest BCUT2D eigenvalue weighted by atomic mass is 10.2. The number of hydrogen-bond acceptors (Lipinski definition) is 4. The Labute approximate surface area is 170 Å². The summed E-state index contributed by atoms with van der Waals surface area (Å²) in [5.74, 6) is 0.136. The molecule has 0 unspecified atom stereocenters. The van der Waals surface area contributed by atoms with Gasteiger partial charge in [0.2, 0.25) is 5.91 Å². The van der Waals surface area contributed by atoms with Crippen LogP contribution in [0.15, 0.2) is 59.5 Å². The van der Waals surface area contributed by atoms with Crippen LogP contribution in [0.2, 0.25) is 0 Å². The van der Waals surface area contributed by atoms with Crippen molar-refractivity contribution in [2.45, 2.75) is 6.54 Å². The molecular weight excluding hydrogens is 425 g/mol. The summed E-state index contributed by atoms with van der Waals surface area (Å²) in [6.07, 6.45) is 7.91. The van der Waals surface area contributed by atoms with Crippen LogP contribution in [0.1, 0.15) is 11.1 Å². The van der Waals surface area contributed by atoms with E-state index in [-0.39, 0.29) is 5.91 Å². The van der Waals surface area contributed by atoms with Gasteiger partial charge in [-0.25, -0.2) is 14.1 Å². The van der Waals surface area contributed by atoms with Gasteiger partial charge < -0.3 is 10.2 Å². The zero-order chi connectivity index (χ0) is 20.1. The van der Waals surface area contributed by atoms with Gasteiger partial charge in [-0.05, 0) is 57.4 Å². The van der Waals surface area contributed by atoms with Gasteiger partial charge in [0, 0.05) is 39.1 Å². The summed E-state index contributed by atoms with van der Waals surface area (Å²) in [6, 6.07) is 8.46. The molecule has 0 aliphatic rings. The summed E-state index contributed by atoms with van der Waals surface area (Å²) in [5, 5.41) is 6.87. The van der Waals surface area contributed by atoms with E-state index in [1.54, 1.807) is 36.8 Å². The molecule has 0 saturated heterocycles. The predicted molar refractivity (Wildman–Crippen MR) is 111 cm³/mol. The van der Waals surface area contributed by atoms with Crippen molar-refractivity contribution in [2.75, 3.05) is 19.0 Å². The normalized spacial score (nSPS) is 11.0. The van der Waals surface area contributed by atoms with Crippen LogP contribution in [-0.4, -0.2) is 34.8 Å². The molecular formula is C20H19BrFN5O. The van der Waals surface area contributed by atoms with Crippen LogP contribution in [0.4, 0.5) is 10.2 Å². The molecule has 1 N–H and O–H groups in total. The molecule has 1 aromatic carbocycles. The summed E-state index contributed by atoms with van der Waals surface area (Å²) in [4.78, 5) is 18.2. The fraction of sp³-hybridized carbons (Fsp3) is 0.150. The van der Waals surface area contributed by atoms with Gasteiger partial charge in [0.25, 0.3) is 0 Å². The number of halogens is 2. The van der Waals surface area contributed by atoms with E-state index in [0.29, 0.717) is 17.8 Å². The van der Waals surface area contributed by atoms with Crippen molar-refractivity contribution in [3.63, 3.8) is 0 Å². The molecule has 1 amide bonds. The Hall–Kier alpha value is -3.00. The number of nitrogens with zero attached hydrogens (tertiary/aromatic N) is 4. The lowest BCUT2D eigenvalue weighted by molar-refractivity contribution is -0.116. The van der Waals surface area contributed by atoms with Crippen LogP contribution in [-0.2, 0) is 11.3 Å². The van der Waals surface area contributed by atoms with Crippen LogP contribution >= 0.6 is 15.9 Å². The molecule has 0 aliphatic heterocycles. The van der Waals surface area contributed by atoms with Crippen LogP contribution in [0.5, 0.6) is 0 Å². The van der Waals surface area contributed by atoms with Crippen molar-refractivity contribution in [1.29, 1.82) is 0 Å². The molecule has 0 atom stereocenters. The monoisotopic (exact) mass is 443 g/mol. The Kier molecular flexibility index (Phi) is 6.20. The smallest absolute Gasteiger partial charge is 0.244 e. The zero-order valence-electron chi connectivity index (χ0n) is 15.4.